The monoisotopic (exact) mass is 468 g/mol. The molecule has 3 aromatic carbocycles. The summed E-state index contributed by atoms with van der Waals surface area (Å²) < 4.78 is 5.43. The number of morpholine rings is 1. The number of ether oxygens (including phenoxy) is 1. The number of nitrogen functional groups attached to an aromatic ring is 1. The van der Waals surface area contributed by atoms with E-state index in [4.69, 9.17) is 15.9 Å². The van der Waals surface area contributed by atoms with E-state index in [0.29, 0.717) is 28.4 Å². The molecule has 6 nitrogen and oxygen atoms in total. The summed E-state index contributed by atoms with van der Waals surface area (Å²) in [6.07, 6.45) is 2.24. The number of carbonyl (C=O) groups is 1. The van der Waals surface area contributed by atoms with Gasteiger partial charge in [-0.15, -0.1) is 0 Å². The fourth-order valence-corrected chi connectivity index (χ4v) is 4.77. The number of rotatable bonds is 7. The van der Waals surface area contributed by atoms with Crippen LogP contribution in [0.25, 0.3) is 0 Å². The number of amides is 1. The zero-order chi connectivity index (χ0) is 24.4. The first-order valence-corrected chi connectivity index (χ1v) is 12.3. The molecule has 2 fully saturated rings. The number of hydrogen-bond donors (Lipinski definition) is 3. The normalized spacial score (nSPS) is 16.5. The van der Waals surface area contributed by atoms with Gasteiger partial charge in [-0.05, 0) is 67.1 Å². The van der Waals surface area contributed by atoms with Gasteiger partial charge in [0, 0.05) is 41.2 Å². The highest BCUT2D eigenvalue weighted by atomic mass is 16.5. The number of anilines is 2. The van der Waals surface area contributed by atoms with E-state index in [-0.39, 0.29) is 11.9 Å². The van der Waals surface area contributed by atoms with Crippen molar-refractivity contribution >= 4 is 23.0 Å². The molecule has 1 heterocycles. The van der Waals surface area contributed by atoms with Crippen LogP contribution in [0.15, 0.2) is 66.7 Å². The molecular weight excluding hydrogens is 436 g/mol. The number of carbonyl (C=O) groups excluding carboxylic acids is 1. The number of benzene rings is 3. The van der Waals surface area contributed by atoms with E-state index in [1.165, 1.54) is 11.1 Å². The zero-order valence-electron chi connectivity index (χ0n) is 20.1. The van der Waals surface area contributed by atoms with E-state index in [0.717, 1.165) is 50.4 Å². The Morgan fingerprint density at radius 1 is 1.03 bits per heavy atom. The van der Waals surface area contributed by atoms with E-state index in [1.807, 2.05) is 36.4 Å². The third-order valence-electron chi connectivity index (χ3n) is 7.02. The second-order valence-corrected chi connectivity index (χ2v) is 9.47. The predicted octanol–water partition coefficient (Wildman–Crippen LogP) is 4.71. The molecule has 1 unspecified atom stereocenters. The van der Waals surface area contributed by atoms with Gasteiger partial charge < -0.3 is 20.7 Å². The van der Waals surface area contributed by atoms with Gasteiger partial charge in [-0.25, -0.2) is 0 Å². The Morgan fingerprint density at radius 2 is 1.71 bits per heavy atom. The molecule has 1 amide bonds. The minimum absolute atomic E-state index is 0.00288. The van der Waals surface area contributed by atoms with Crippen molar-refractivity contribution in [2.45, 2.75) is 25.8 Å². The number of nitrogens with two attached hydrogens (primary N) is 1. The van der Waals surface area contributed by atoms with Gasteiger partial charge in [-0.3, -0.25) is 10.2 Å². The molecule has 1 aliphatic carbocycles. The molecule has 180 valence electrons. The zero-order valence-corrected chi connectivity index (χ0v) is 20.1. The van der Waals surface area contributed by atoms with Crippen molar-refractivity contribution < 1.29 is 9.53 Å². The van der Waals surface area contributed by atoms with E-state index in [9.17, 15) is 4.79 Å². The molecule has 6 heteroatoms. The second kappa shape index (κ2) is 9.92. The van der Waals surface area contributed by atoms with Crippen LogP contribution in [0.1, 0.15) is 51.5 Å². The highest BCUT2D eigenvalue weighted by molar-refractivity contribution is 6.15. The quantitative estimate of drug-likeness (QED) is 0.346. The van der Waals surface area contributed by atoms with Gasteiger partial charge in [0.15, 0.2) is 0 Å². The van der Waals surface area contributed by atoms with Crippen molar-refractivity contribution in [2.24, 2.45) is 5.92 Å². The molecule has 2 aliphatic rings. The molecular formula is C29H32N4O2. The summed E-state index contributed by atoms with van der Waals surface area (Å²) in [5.41, 5.74) is 12.4. The Kier molecular flexibility index (Phi) is 6.55. The first kappa shape index (κ1) is 23.1. The second-order valence-electron chi connectivity index (χ2n) is 9.47. The van der Waals surface area contributed by atoms with Gasteiger partial charge >= 0.3 is 0 Å². The molecule has 1 saturated heterocycles. The summed E-state index contributed by atoms with van der Waals surface area (Å²) in [7, 11) is 0. The Morgan fingerprint density at radius 3 is 2.40 bits per heavy atom. The lowest BCUT2D eigenvalue weighted by Gasteiger charge is -2.29. The number of nitrogens with zero attached hydrogens (tertiary/aromatic N) is 1. The van der Waals surface area contributed by atoms with Crippen LogP contribution in [-0.4, -0.2) is 37.9 Å². The largest absolute Gasteiger partial charge is 0.398 e. The summed E-state index contributed by atoms with van der Waals surface area (Å²) in [6, 6.07) is 21.4. The first-order chi connectivity index (χ1) is 17.0. The van der Waals surface area contributed by atoms with Crippen molar-refractivity contribution in [1.29, 1.82) is 5.41 Å². The van der Waals surface area contributed by atoms with Crippen LogP contribution >= 0.6 is 0 Å². The SMILES string of the molecule is Cc1ccccc1C(NC(=O)c1ccc(N)c(C(=N)c2ccc(N3CCOCC3)cc2)c1)C1CC1. The molecule has 0 bridgehead atoms. The van der Waals surface area contributed by atoms with Gasteiger partial charge in [0.2, 0.25) is 0 Å². The minimum Gasteiger partial charge on any atom is -0.398 e. The van der Waals surface area contributed by atoms with Crippen LogP contribution in [0.4, 0.5) is 11.4 Å². The Bertz CT molecular complexity index is 1230. The number of nitrogens with one attached hydrogen (secondary N) is 2. The van der Waals surface area contributed by atoms with Gasteiger partial charge in [0.05, 0.1) is 25.0 Å². The molecule has 0 radical (unpaired) electrons. The standard InChI is InChI=1S/C29H32N4O2/c1-19-4-2-3-5-24(19)28(21-6-7-21)32-29(34)22-10-13-26(30)25(18-22)27(31)20-8-11-23(12-9-20)33-14-16-35-17-15-33/h2-5,8-13,18,21,28,31H,6-7,14-17,30H2,1H3,(H,32,34). The summed E-state index contributed by atoms with van der Waals surface area (Å²) in [5.74, 6) is 0.332. The first-order valence-electron chi connectivity index (χ1n) is 12.3. The summed E-state index contributed by atoms with van der Waals surface area (Å²) >= 11 is 0. The average Bonchev–Trinajstić information content (AvgIpc) is 3.74. The number of aryl methyl sites for hydroxylation is 1. The van der Waals surface area contributed by atoms with Gasteiger partial charge in [0.25, 0.3) is 5.91 Å². The highest BCUT2D eigenvalue weighted by Gasteiger charge is 2.34. The summed E-state index contributed by atoms with van der Waals surface area (Å²) in [4.78, 5) is 15.6. The van der Waals surface area contributed by atoms with Gasteiger partial charge in [-0.1, -0.05) is 36.4 Å². The molecule has 0 spiro atoms. The molecule has 3 aromatic rings. The van der Waals surface area contributed by atoms with Crippen LogP contribution < -0.4 is 16.0 Å². The van der Waals surface area contributed by atoms with Crippen molar-refractivity contribution in [3.63, 3.8) is 0 Å². The fourth-order valence-electron chi connectivity index (χ4n) is 4.77. The smallest absolute Gasteiger partial charge is 0.251 e. The van der Waals surface area contributed by atoms with Crippen LogP contribution in [0, 0.1) is 18.3 Å². The minimum atomic E-state index is -0.137. The van der Waals surface area contributed by atoms with E-state index < -0.39 is 0 Å². The Hall–Kier alpha value is -3.64. The summed E-state index contributed by atoms with van der Waals surface area (Å²) in [6.45, 7) is 5.28. The van der Waals surface area contributed by atoms with E-state index in [1.54, 1.807) is 18.2 Å². The topological polar surface area (TPSA) is 91.4 Å². The third-order valence-corrected chi connectivity index (χ3v) is 7.02. The lowest BCUT2D eigenvalue weighted by atomic mass is 9.96. The Balaban J connectivity index is 1.35. The van der Waals surface area contributed by atoms with Crippen LogP contribution in [0.3, 0.4) is 0 Å². The fraction of sp³-hybridized carbons (Fsp3) is 0.310. The average molecular weight is 469 g/mol. The number of hydrogen-bond acceptors (Lipinski definition) is 5. The van der Waals surface area contributed by atoms with Crippen molar-refractivity contribution in [3.05, 3.63) is 94.5 Å². The maximum atomic E-state index is 13.3. The third kappa shape index (κ3) is 5.08. The molecule has 1 atom stereocenters. The molecule has 1 saturated carbocycles. The van der Waals surface area contributed by atoms with E-state index in [2.05, 4.69) is 29.3 Å². The van der Waals surface area contributed by atoms with Crippen LogP contribution in [0.2, 0.25) is 0 Å². The lowest BCUT2D eigenvalue weighted by molar-refractivity contribution is 0.0931. The lowest BCUT2D eigenvalue weighted by Crippen LogP contribution is -2.36. The molecule has 1 aliphatic heterocycles. The van der Waals surface area contributed by atoms with Crippen LogP contribution in [0.5, 0.6) is 0 Å². The van der Waals surface area contributed by atoms with Crippen molar-refractivity contribution in [3.8, 4) is 0 Å². The highest BCUT2D eigenvalue weighted by Crippen LogP contribution is 2.42. The van der Waals surface area contributed by atoms with Gasteiger partial charge in [0.1, 0.15) is 0 Å². The molecule has 35 heavy (non-hydrogen) atoms. The van der Waals surface area contributed by atoms with E-state index >= 15 is 0 Å². The van der Waals surface area contributed by atoms with Crippen molar-refractivity contribution in [2.75, 3.05) is 36.9 Å². The maximum absolute atomic E-state index is 13.3. The summed E-state index contributed by atoms with van der Waals surface area (Å²) in [5, 5.41) is 12.1. The van der Waals surface area contributed by atoms with Crippen LogP contribution in [-0.2, 0) is 4.74 Å². The molecule has 4 N–H and O–H groups in total. The molecule has 0 aromatic heterocycles. The van der Waals surface area contributed by atoms with Crippen molar-refractivity contribution in [1.82, 2.24) is 5.32 Å². The van der Waals surface area contributed by atoms with Gasteiger partial charge in [-0.2, -0.15) is 0 Å². The molecule has 5 rings (SSSR count). The Labute approximate surface area is 206 Å². The maximum Gasteiger partial charge on any atom is 0.251 e. The predicted molar refractivity (Wildman–Crippen MR) is 140 cm³/mol.